The second kappa shape index (κ2) is 12.2. The second-order valence-corrected chi connectivity index (χ2v) is 11.5. The molecule has 0 fully saturated rings. The lowest BCUT2D eigenvalue weighted by Crippen LogP contribution is -2.17. The van der Waals surface area contributed by atoms with Gasteiger partial charge in [0.2, 0.25) is 0 Å². The van der Waals surface area contributed by atoms with Crippen molar-refractivity contribution in [2.24, 2.45) is 0 Å². The highest BCUT2D eigenvalue weighted by Crippen LogP contribution is 2.26. The van der Waals surface area contributed by atoms with Gasteiger partial charge in [-0.3, -0.25) is 0 Å². The summed E-state index contributed by atoms with van der Waals surface area (Å²) in [5.41, 5.74) is 15.4. The molecule has 0 saturated heterocycles. The zero-order chi connectivity index (χ0) is 31.0. The van der Waals surface area contributed by atoms with E-state index in [9.17, 15) is 4.79 Å². The molecule has 0 atom stereocenters. The first kappa shape index (κ1) is 30.3. The van der Waals surface area contributed by atoms with Crippen molar-refractivity contribution in [3.8, 4) is 0 Å². The number of aromatic amines is 4. The van der Waals surface area contributed by atoms with Gasteiger partial charge in [-0.05, 0) is 129 Å². The third-order valence-electron chi connectivity index (χ3n) is 9.22. The number of allylic oxidation sites excluding steroid dienone is 1. The van der Waals surface area contributed by atoms with Crippen LogP contribution in [0.15, 0.2) is 12.2 Å². The lowest BCUT2D eigenvalue weighted by atomic mass is 10.0. The number of ether oxygens (including phenoxy) is 1. The Balaban J connectivity index is 2.00. The van der Waals surface area contributed by atoms with E-state index < -0.39 is 0 Å². The number of carbonyl (C=O) groups excluding carboxylic acids is 1. The molecule has 1 aliphatic rings. The molecule has 6 heteroatoms. The molecule has 0 aliphatic carbocycles. The van der Waals surface area contributed by atoms with Gasteiger partial charge in [0.05, 0.1) is 17.6 Å². The largest absolute Gasteiger partial charge is 0.463 e. The summed E-state index contributed by atoms with van der Waals surface area (Å²) < 4.78 is 5.28. The first-order chi connectivity index (χ1) is 20.7. The first-order valence-electron chi connectivity index (χ1n) is 15.8. The lowest BCUT2D eigenvalue weighted by Gasteiger charge is -2.05. The Hall–Kier alpha value is -4.19. The van der Waals surface area contributed by atoms with E-state index in [1.807, 2.05) is 13.0 Å². The van der Waals surface area contributed by atoms with E-state index in [0.717, 1.165) is 75.4 Å². The summed E-state index contributed by atoms with van der Waals surface area (Å²) in [6.07, 6.45) is 13.9. The van der Waals surface area contributed by atoms with Gasteiger partial charge in [-0.2, -0.15) is 0 Å². The summed E-state index contributed by atoms with van der Waals surface area (Å²) in [5, 5.41) is 4.36. The van der Waals surface area contributed by atoms with Crippen molar-refractivity contribution < 1.29 is 9.53 Å². The number of carbonyl (C=O) groups is 1. The zero-order valence-corrected chi connectivity index (χ0v) is 27.2. The van der Waals surface area contributed by atoms with Gasteiger partial charge in [0.25, 0.3) is 0 Å². The van der Waals surface area contributed by atoms with Crippen molar-refractivity contribution in [1.82, 2.24) is 19.9 Å². The maximum atomic E-state index is 12.5. The van der Waals surface area contributed by atoms with Gasteiger partial charge in [-0.15, -0.1) is 0 Å². The Kier molecular flexibility index (Phi) is 8.59. The van der Waals surface area contributed by atoms with E-state index >= 15 is 0 Å². The SMILES string of the molecule is CCOC(=O)C=CC1=c2[nH]c(c(C)c2CC)=Cc2[nH]c(c(C)c2CC)C=c2[nH]c(c(C)c2CC)=Cc2[nH]c1c(C)c2CC. The van der Waals surface area contributed by atoms with Crippen LogP contribution in [0, 0.1) is 27.7 Å². The molecule has 43 heavy (non-hydrogen) atoms. The third kappa shape index (κ3) is 5.28. The van der Waals surface area contributed by atoms with Gasteiger partial charge >= 0.3 is 5.97 Å². The van der Waals surface area contributed by atoms with Crippen molar-refractivity contribution in [3.63, 3.8) is 0 Å². The van der Waals surface area contributed by atoms with E-state index in [0.29, 0.717) is 6.61 Å². The van der Waals surface area contributed by atoms with Crippen molar-refractivity contribution in [2.75, 3.05) is 6.61 Å². The first-order valence-corrected chi connectivity index (χ1v) is 15.8. The molecule has 0 aromatic carbocycles. The molecule has 4 aromatic heterocycles. The minimum Gasteiger partial charge on any atom is -0.463 e. The molecule has 4 aromatic rings. The van der Waals surface area contributed by atoms with Crippen LogP contribution in [0.25, 0.3) is 23.8 Å². The number of H-pyrrole nitrogens is 4. The summed E-state index contributed by atoms with van der Waals surface area (Å²) in [5.74, 6) is -0.346. The molecule has 6 nitrogen and oxygen atoms in total. The fourth-order valence-electron chi connectivity index (χ4n) is 6.85. The number of hydrogen-bond acceptors (Lipinski definition) is 2. The molecule has 0 amide bonds. The Bertz CT molecular complexity index is 1990. The Morgan fingerprint density at radius 1 is 0.628 bits per heavy atom. The van der Waals surface area contributed by atoms with Crippen LogP contribution in [0.2, 0.25) is 0 Å². The van der Waals surface area contributed by atoms with Crippen molar-refractivity contribution in [2.45, 2.75) is 88.0 Å². The number of aromatic nitrogens is 4. The zero-order valence-electron chi connectivity index (χ0n) is 27.2. The van der Waals surface area contributed by atoms with Gasteiger partial charge in [0, 0.05) is 44.8 Å². The van der Waals surface area contributed by atoms with Crippen molar-refractivity contribution in [1.29, 1.82) is 0 Å². The molecule has 0 radical (unpaired) electrons. The summed E-state index contributed by atoms with van der Waals surface area (Å²) in [6.45, 7) is 19.8. The number of hydrogen-bond donors (Lipinski definition) is 4. The standard InChI is InChI=1S/C37H46N4O2/c1-10-24-21(7)30-18-34-26(12-3)23(9)36(41-34)28(15-16-35(42)43-14-5)37-27(13-4)22(8)31(40-37)19-33-25(11-2)20(6)29(38-33)17-32(24)39-30/h15-19,38-41H,10-14H2,1-9H3. The van der Waals surface area contributed by atoms with Crippen LogP contribution in [-0.4, -0.2) is 32.5 Å². The summed E-state index contributed by atoms with van der Waals surface area (Å²) in [4.78, 5) is 27.6. The molecule has 0 spiro atoms. The fourth-order valence-corrected chi connectivity index (χ4v) is 6.85. The molecule has 0 unspecified atom stereocenters. The third-order valence-corrected chi connectivity index (χ3v) is 9.22. The van der Waals surface area contributed by atoms with Crippen LogP contribution in [0.4, 0.5) is 0 Å². The van der Waals surface area contributed by atoms with E-state index in [2.05, 4.69) is 93.6 Å². The van der Waals surface area contributed by atoms with Crippen molar-refractivity contribution in [3.05, 3.63) is 101 Å². The number of esters is 1. The van der Waals surface area contributed by atoms with Crippen LogP contribution in [0.5, 0.6) is 0 Å². The quantitative estimate of drug-likeness (QED) is 0.191. The molecular weight excluding hydrogens is 532 g/mol. The van der Waals surface area contributed by atoms with Crippen LogP contribution in [0.1, 0.15) is 102 Å². The smallest absolute Gasteiger partial charge is 0.330 e. The highest BCUT2D eigenvalue weighted by Gasteiger charge is 2.19. The molecule has 4 N–H and O–H groups in total. The maximum Gasteiger partial charge on any atom is 0.330 e. The lowest BCUT2D eigenvalue weighted by molar-refractivity contribution is -0.137. The van der Waals surface area contributed by atoms with E-state index in [-0.39, 0.29) is 5.97 Å². The molecule has 5 rings (SSSR count). The summed E-state index contributed by atoms with van der Waals surface area (Å²) in [7, 11) is 0. The average Bonchev–Trinajstić information content (AvgIpc) is 3.66. The van der Waals surface area contributed by atoms with E-state index in [1.165, 1.54) is 44.5 Å². The van der Waals surface area contributed by atoms with E-state index in [4.69, 9.17) is 4.74 Å². The molecule has 8 bridgehead atoms. The van der Waals surface area contributed by atoms with Crippen LogP contribution < -0.4 is 21.4 Å². The summed E-state index contributed by atoms with van der Waals surface area (Å²) in [6, 6.07) is 0. The molecule has 1 aliphatic heterocycles. The van der Waals surface area contributed by atoms with Gasteiger partial charge < -0.3 is 24.7 Å². The minimum atomic E-state index is -0.346. The average molecular weight is 579 g/mol. The Morgan fingerprint density at radius 3 is 1.81 bits per heavy atom. The van der Waals surface area contributed by atoms with Crippen molar-refractivity contribution >= 4 is 29.8 Å². The number of rotatable bonds is 7. The van der Waals surface area contributed by atoms with E-state index in [1.54, 1.807) is 6.08 Å². The van der Waals surface area contributed by atoms with Gasteiger partial charge in [0.1, 0.15) is 0 Å². The van der Waals surface area contributed by atoms with Gasteiger partial charge in [0.15, 0.2) is 0 Å². The highest BCUT2D eigenvalue weighted by molar-refractivity contribution is 5.87. The topological polar surface area (TPSA) is 89.5 Å². The molecular formula is C37H46N4O2. The second-order valence-electron chi connectivity index (χ2n) is 11.5. The number of fused-ring (bicyclic) bond motifs is 8. The fraction of sp³-hybridized carbons (Fsp3) is 0.378. The van der Waals surface area contributed by atoms with Crippen LogP contribution in [-0.2, 0) is 35.2 Å². The minimum absolute atomic E-state index is 0.339. The molecule has 5 heterocycles. The molecule has 0 saturated carbocycles. The predicted molar refractivity (Wildman–Crippen MR) is 177 cm³/mol. The van der Waals surface area contributed by atoms with Gasteiger partial charge in [-0.1, -0.05) is 27.7 Å². The maximum absolute atomic E-state index is 12.5. The number of nitrogens with one attached hydrogen (secondary N) is 4. The normalized spacial score (nSPS) is 12.8. The Morgan fingerprint density at radius 2 is 1.19 bits per heavy atom. The highest BCUT2D eigenvalue weighted by atomic mass is 16.5. The molecule has 226 valence electrons. The van der Waals surface area contributed by atoms with Crippen LogP contribution in [0.3, 0.4) is 0 Å². The summed E-state index contributed by atoms with van der Waals surface area (Å²) >= 11 is 0. The van der Waals surface area contributed by atoms with Crippen LogP contribution >= 0.6 is 0 Å². The predicted octanol–water partition coefficient (Wildman–Crippen LogP) is 4.60. The van der Waals surface area contributed by atoms with Gasteiger partial charge in [-0.25, -0.2) is 4.79 Å². The monoisotopic (exact) mass is 578 g/mol. The Labute approximate surface area is 254 Å².